The highest BCUT2D eigenvalue weighted by molar-refractivity contribution is 7.84. The van der Waals surface area contributed by atoms with Gasteiger partial charge in [-0.1, -0.05) is 61.9 Å². The molecule has 0 saturated heterocycles. The molecule has 13 heteroatoms. The van der Waals surface area contributed by atoms with Crippen LogP contribution in [0.4, 0.5) is 5.69 Å². The van der Waals surface area contributed by atoms with E-state index in [1.807, 2.05) is 28.8 Å². The fraction of sp³-hybridized carbons (Fsp3) is 0.233. The fourth-order valence-corrected chi connectivity index (χ4v) is 5.76. The summed E-state index contributed by atoms with van der Waals surface area (Å²) >= 11 is 0. The summed E-state index contributed by atoms with van der Waals surface area (Å²) in [6.45, 7) is 2.48. The number of H-pyrrole nitrogens is 1. The Morgan fingerprint density at radius 3 is 2.42 bits per heavy atom. The molecule has 1 unspecified atom stereocenters. The average Bonchev–Trinajstić information content (AvgIpc) is 3.71. The third-order valence-electron chi connectivity index (χ3n) is 6.77. The molecule has 5 aromatic rings. The highest BCUT2D eigenvalue weighted by Crippen LogP contribution is 2.22. The van der Waals surface area contributed by atoms with Gasteiger partial charge in [0.25, 0.3) is 5.91 Å². The molecule has 1 atom stereocenters. The summed E-state index contributed by atoms with van der Waals surface area (Å²) < 4.78 is 20.3. The van der Waals surface area contributed by atoms with Crippen molar-refractivity contribution in [2.45, 2.75) is 43.6 Å². The predicted octanol–water partition coefficient (Wildman–Crippen LogP) is 4.20. The molecule has 43 heavy (non-hydrogen) atoms. The number of nitrogens with zero attached hydrogens (tertiary/aromatic N) is 6. The van der Waals surface area contributed by atoms with E-state index >= 15 is 0 Å². The Kier molecular flexibility index (Phi) is 9.42. The van der Waals surface area contributed by atoms with Gasteiger partial charge in [-0.05, 0) is 47.0 Å². The zero-order chi connectivity index (χ0) is 30.2. The Balaban J connectivity index is 1.34. The highest BCUT2D eigenvalue weighted by Gasteiger charge is 2.21. The summed E-state index contributed by atoms with van der Waals surface area (Å²) in [7, 11) is -0.256. The van der Waals surface area contributed by atoms with Gasteiger partial charge in [-0.15, -0.1) is 20.4 Å². The molecule has 2 aromatic heterocycles. The largest absolute Gasteiger partial charge is 0.465 e. The van der Waals surface area contributed by atoms with Crippen molar-refractivity contribution >= 4 is 28.4 Å². The molecule has 2 heterocycles. The molecule has 0 fully saturated rings. The Morgan fingerprint density at radius 1 is 0.953 bits per heavy atom. The van der Waals surface area contributed by atoms with Crippen LogP contribution in [0.5, 0.6) is 0 Å². The van der Waals surface area contributed by atoms with Crippen molar-refractivity contribution in [3.05, 3.63) is 101 Å². The van der Waals surface area contributed by atoms with Gasteiger partial charge in [0.2, 0.25) is 11.0 Å². The molecule has 0 bridgehead atoms. The number of benzene rings is 3. The van der Waals surface area contributed by atoms with Crippen molar-refractivity contribution < 1.29 is 18.5 Å². The third-order valence-corrected chi connectivity index (χ3v) is 8.05. The second kappa shape index (κ2) is 13.7. The number of hydrogen-bond donors (Lipinski definition) is 2. The van der Waals surface area contributed by atoms with Gasteiger partial charge in [-0.3, -0.25) is 13.6 Å². The van der Waals surface area contributed by atoms with Gasteiger partial charge in [-0.2, -0.15) is 5.21 Å². The zero-order valence-corrected chi connectivity index (χ0v) is 24.5. The fourth-order valence-electron chi connectivity index (χ4n) is 4.55. The van der Waals surface area contributed by atoms with Gasteiger partial charge in [0.1, 0.15) is 5.82 Å². The Bertz CT molecular complexity index is 1740. The lowest BCUT2D eigenvalue weighted by molar-refractivity contribution is 0.0599. The minimum Gasteiger partial charge on any atom is -0.465 e. The summed E-state index contributed by atoms with van der Waals surface area (Å²) in [5, 5.41) is 25.9. The van der Waals surface area contributed by atoms with Crippen LogP contribution >= 0.6 is 0 Å². The van der Waals surface area contributed by atoms with Crippen LogP contribution in [0.1, 0.15) is 57.4 Å². The second-order valence-corrected chi connectivity index (χ2v) is 11.0. The number of aromatic amines is 1. The lowest BCUT2D eigenvalue weighted by Gasteiger charge is -2.12. The van der Waals surface area contributed by atoms with Crippen LogP contribution in [0.15, 0.2) is 78.0 Å². The van der Waals surface area contributed by atoms with E-state index in [-0.39, 0.29) is 11.7 Å². The minimum absolute atomic E-state index is 0.0908. The smallest absolute Gasteiger partial charge is 0.338 e. The first-order valence-electron chi connectivity index (χ1n) is 13.7. The standard InChI is InChI=1S/C30H30N8O4S/c1-3-4-13-26-32-35-30(43(41)19-21-9-5-6-10-23(21)29(40)42-2)38(26)18-20-14-16-22(17-15-20)31-28(39)25-12-8-7-11-24(25)27-33-36-37-34-27/h5-12,14-17H,3-4,13,18-19H2,1-2H3,(H,31,39)(H,33,34,36,37). The molecule has 0 saturated carbocycles. The second-order valence-electron chi connectivity index (χ2n) is 9.66. The maximum Gasteiger partial charge on any atom is 0.338 e. The van der Waals surface area contributed by atoms with Crippen LogP contribution in [-0.4, -0.2) is 58.6 Å². The topological polar surface area (TPSA) is 158 Å². The monoisotopic (exact) mass is 598 g/mol. The first-order valence-corrected chi connectivity index (χ1v) is 15.0. The van der Waals surface area contributed by atoms with E-state index in [2.05, 4.69) is 43.1 Å². The molecule has 3 aromatic carbocycles. The van der Waals surface area contributed by atoms with E-state index in [0.717, 1.165) is 24.2 Å². The molecular weight excluding hydrogens is 568 g/mol. The number of methoxy groups -OCH3 is 1. The minimum atomic E-state index is -1.57. The Morgan fingerprint density at radius 2 is 1.70 bits per heavy atom. The highest BCUT2D eigenvalue weighted by atomic mass is 32.2. The quantitative estimate of drug-likeness (QED) is 0.201. The van der Waals surface area contributed by atoms with Crippen LogP contribution in [0.2, 0.25) is 0 Å². The molecule has 2 N–H and O–H groups in total. The van der Waals surface area contributed by atoms with Gasteiger partial charge >= 0.3 is 5.97 Å². The third kappa shape index (κ3) is 6.89. The van der Waals surface area contributed by atoms with Crippen molar-refractivity contribution in [1.29, 1.82) is 0 Å². The number of amides is 1. The number of rotatable bonds is 12. The number of carbonyl (C=O) groups is 2. The van der Waals surface area contributed by atoms with Crippen LogP contribution in [-0.2, 0) is 34.3 Å². The molecule has 0 aliphatic rings. The molecule has 0 aliphatic carbocycles. The Hall–Kier alpha value is -5.04. The number of tetrazole rings is 1. The summed E-state index contributed by atoms with van der Waals surface area (Å²) in [6, 6.07) is 21.4. The summed E-state index contributed by atoms with van der Waals surface area (Å²) in [6.07, 6.45) is 2.57. The average molecular weight is 599 g/mol. The molecule has 0 radical (unpaired) electrons. The maximum absolute atomic E-state index is 13.6. The number of unbranched alkanes of at least 4 members (excludes halogenated alkanes) is 1. The van der Waals surface area contributed by atoms with E-state index in [9.17, 15) is 13.8 Å². The van der Waals surface area contributed by atoms with Crippen LogP contribution in [0, 0.1) is 0 Å². The number of carbonyl (C=O) groups excluding carboxylic acids is 2. The number of nitrogens with one attached hydrogen (secondary N) is 2. The maximum atomic E-state index is 13.6. The molecular formula is C30H30N8O4S. The molecule has 5 rings (SSSR count). The molecule has 0 aliphatic heterocycles. The number of esters is 1. The summed E-state index contributed by atoms with van der Waals surface area (Å²) in [5.41, 5.74) is 3.48. The van der Waals surface area contributed by atoms with E-state index in [0.29, 0.717) is 51.9 Å². The molecule has 220 valence electrons. The first-order chi connectivity index (χ1) is 21.0. The summed E-state index contributed by atoms with van der Waals surface area (Å²) in [4.78, 5) is 25.3. The zero-order valence-electron chi connectivity index (χ0n) is 23.7. The van der Waals surface area contributed by atoms with Gasteiger partial charge < -0.3 is 10.1 Å². The van der Waals surface area contributed by atoms with Crippen molar-refractivity contribution in [2.75, 3.05) is 12.4 Å². The number of aromatic nitrogens is 7. The lowest BCUT2D eigenvalue weighted by Crippen LogP contribution is -2.14. The van der Waals surface area contributed by atoms with Crippen LogP contribution in [0.25, 0.3) is 11.4 Å². The van der Waals surface area contributed by atoms with Gasteiger partial charge in [0.15, 0.2) is 0 Å². The van der Waals surface area contributed by atoms with Crippen LogP contribution in [0.3, 0.4) is 0 Å². The number of ether oxygens (including phenoxy) is 1. The number of anilines is 1. The Labute approximate surface area is 250 Å². The number of aryl methyl sites for hydroxylation is 1. The van der Waals surface area contributed by atoms with E-state index in [1.165, 1.54) is 7.11 Å². The first kappa shape index (κ1) is 29.5. The predicted molar refractivity (Wildman–Crippen MR) is 160 cm³/mol. The molecule has 1 amide bonds. The van der Waals surface area contributed by atoms with Gasteiger partial charge in [-0.25, -0.2) is 4.79 Å². The van der Waals surface area contributed by atoms with E-state index in [1.54, 1.807) is 48.5 Å². The van der Waals surface area contributed by atoms with E-state index in [4.69, 9.17) is 4.74 Å². The van der Waals surface area contributed by atoms with Crippen LogP contribution < -0.4 is 5.32 Å². The molecule has 12 nitrogen and oxygen atoms in total. The lowest BCUT2D eigenvalue weighted by atomic mass is 10.1. The summed E-state index contributed by atoms with van der Waals surface area (Å²) in [5.74, 6) is 0.368. The normalized spacial score (nSPS) is 11.7. The van der Waals surface area contributed by atoms with Crippen molar-refractivity contribution in [3.8, 4) is 11.4 Å². The van der Waals surface area contributed by atoms with Gasteiger partial charge in [0.05, 0.1) is 41.3 Å². The van der Waals surface area contributed by atoms with Crippen molar-refractivity contribution in [1.82, 2.24) is 35.4 Å². The number of hydrogen-bond acceptors (Lipinski definition) is 9. The SMILES string of the molecule is CCCCc1nnc(S(=O)Cc2ccccc2C(=O)OC)n1Cc1ccc(NC(=O)c2ccccc2-c2nn[nH]n2)cc1. The van der Waals surface area contributed by atoms with E-state index < -0.39 is 16.8 Å². The van der Waals surface area contributed by atoms with Crippen molar-refractivity contribution in [3.63, 3.8) is 0 Å². The molecule has 0 spiro atoms. The van der Waals surface area contributed by atoms with Gasteiger partial charge in [0, 0.05) is 17.7 Å². The van der Waals surface area contributed by atoms with Crippen molar-refractivity contribution in [2.24, 2.45) is 0 Å².